The summed E-state index contributed by atoms with van der Waals surface area (Å²) in [6, 6.07) is 0.503. The van der Waals surface area contributed by atoms with Crippen molar-refractivity contribution in [3.63, 3.8) is 0 Å². The Morgan fingerprint density at radius 2 is 2.11 bits per heavy atom. The average Bonchev–Trinajstić information content (AvgIpc) is 2.42. The van der Waals surface area contributed by atoms with Gasteiger partial charge in [-0.05, 0) is 44.9 Å². The molecule has 2 fully saturated rings. The molecule has 2 saturated heterocycles. The molecule has 1 amide bonds. The lowest BCUT2D eigenvalue weighted by Crippen LogP contribution is -2.56. The Morgan fingerprint density at radius 3 is 2.83 bits per heavy atom. The zero-order chi connectivity index (χ0) is 13.0. The van der Waals surface area contributed by atoms with Gasteiger partial charge in [-0.1, -0.05) is 13.8 Å². The van der Waals surface area contributed by atoms with Gasteiger partial charge >= 0.3 is 0 Å². The standard InChI is InChI=1S/C14H27N3O/c1-3-16(4-2)9-10-17-13-7-8-15-11-12(13)5-6-14(17)18/h12-13,15H,3-11H2,1-2H3. The predicted octanol–water partition coefficient (Wildman–Crippen LogP) is 0.929. The van der Waals surface area contributed by atoms with Crippen molar-refractivity contribution in [1.29, 1.82) is 0 Å². The molecule has 2 heterocycles. The van der Waals surface area contributed by atoms with E-state index in [1.165, 1.54) is 0 Å². The highest BCUT2D eigenvalue weighted by atomic mass is 16.2. The molecule has 18 heavy (non-hydrogen) atoms. The third-order valence-electron chi connectivity index (χ3n) is 4.57. The van der Waals surface area contributed by atoms with Gasteiger partial charge in [-0.2, -0.15) is 0 Å². The van der Waals surface area contributed by atoms with Gasteiger partial charge in [0.05, 0.1) is 0 Å². The summed E-state index contributed by atoms with van der Waals surface area (Å²) >= 11 is 0. The second-order valence-electron chi connectivity index (χ2n) is 5.47. The number of likely N-dealkylation sites (tertiary alicyclic amines) is 1. The third kappa shape index (κ3) is 3.04. The Balaban J connectivity index is 1.92. The molecule has 0 radical (unpaired) electrons. The zero-order valence-electron chi connectivity index (χ0n) is 11.8. The monoisotopic (exact) mass is 253 g/mol. The Labute approximate surface area is 111 Å². The normalized spacial score (nSPS) is 28.6. The fourth-order valence-electron chi connectivity index (χ4n) is 3.33. The molecule has 4 heteroatoms. The van der Waals surface area contributed by atoms with E-state index < -0.39 is 0 Å². The van der Waals surface area contributed by atoms with Gasteiger partial charge in [0.1, 0.15) is 0 Å². The van der Waals surface area contributed by atoms with Crippen molar-refractivity contribution in [3.8, 4) is 0 Å². The summed E-state index contributed by atoms with van der Waals surface area (Å²) < 4.78 is 0. The molecule has 0 saturated carbocycles. The maximum atomic E-state index is 12.1. The SMILES string of the molecule is CCN(CC)CCN1C(=O)CCC2CNCCC21. The van der Waals surface area contributed by atoms with Crippen molar-refractivity contribution in [1.82, 2.24) is 15.1 Å². The molecule has 0 aromatic carbocycles. The highest BCUT2D eigenvalue weighted by Gasteiger charge is 2.36. The zero-order valence-corrected chi connectivity index (χ0v) is 11.8. The van der Waals surface area contributed by atoms with E-state index in [0.717, 1.165) is 58.5 Å². The molecule has 4 nitrogen and oxygen atoms in total. The van der Waals surface area contributed by atoms with Gasteiger partial charge in [-0.25, -0.2) is 0 Å². The lowest BCUT2D eigenvalue weighted by atomic mass is 9.84. The average molecular weight is 253 g/mol. The van der Waals surface area contributed by atoms with E-state index >= 15 is 0 Å². The van der Waals surface area contributed by atoms with E-state index in [1.807, 2.05) is 0 Å². The van der Waals surface area contributed by atoms with E-state index in [0.29, 0.717) is 17.9 Å². The number of nitrogens with zero attached hydrogens (tertiary/aromatic N) is 2. The van der Waals surface area contributed by atoms with E-state index in [4.69, 9.17) is 0 Å². The maximum Gasteiger partial charge on any atom is 0.222 e. The van der Waals surface area contributed by atoms with E-state index in [1.54, 1.807) is 0 Å². The minimum Gasteiger partial charge on any atom is -0.338 e. The van der Waals surface area contributed by atoms with Crippen molar-refractivity contribution < 1.29 is 4.79 Å². The lowest BCUT2D eigenvalue weighted by molar-refractivity contribution is -0.139. The fraction of sp³-hybridized carbons (Fsp3) is 0.929. The minimum absolute atomic E-state index is 0.380. The largest absolute Gasteiger partial charge is 0.338 e. The number of likely N-dealkylation sites (N-methyl/N-ethyl adjacent to an activating group) is 1. The van der Waals surface area contributed by atoms with Crippen molar-refractivity contribution in [2.45, 2.75) is 39.2 Å². The quantitative estimate of drug-likeness (QED) is 0.792. The predicted molar refractivity (Wildman–Crippen MR) is 73.5 cm³/mol. The molecular formula is C14H27N3O. The molecular weight excluding hydrogens is 226 g/mol. The van der Waals surface area contributed by atoms with Gasteiger partial charge < -0.3 is 15.1 Å². The third-order valence-corrected chi connectivity index (χ3v) is 4.57. The summed E-state index contributed by atoms with van der Waals surface area (Å²) in [7, 11) is 0. The van der Waals surface area contributed by atoms with Crippen molar-refractivity contribution in [2.75, 3.05) is 39.3 Å². The van der Waals surface area contributed by atoms with Gasteiger partial charge in [0.2, 0.25) is 5.91 Å². The van der Waals surface area contributed by atoms with Crippen LogP contribution in [-0.2, 0) is 4.79 Å². The summed E-state index contributed by atoms with van der Waals surface area (Å²) in [6.45, 7) is 10.6. The van der Waals surface area contributed by atoms with Crippen LogP contribution in [0, 0.1) is 5.92 Å². The number of nitrogens with one attached hydrogen (secondary N) is 1. The van der Waals surface area contributed by atoms with Crippen molar-refractivity contribution in [2.24, 2.45) is 5.92 Å². The van der Waals surface area contributed by atoms with Crippen LogP contribution in [0.1, 0.15) is 33.1 Å². The molecule has 2 unspecified atom stereocenters. The van der Waals surface area contributed by atoms with Crippen LogP contribution in [0.25, 0.3) is 0 Å². The fourth-order valence-corrected chi connectivity index (χ4v) is 3.33. The molecule has 0 spiro atoms. The van der Waals surface area contributed by atoms with Gasteiger partial charge in [0.25, 0.3) is 0 Å². The number of carbonyl (C=O) groups is 1. The highest BCUT2D eigenvalue weighted by Crippen LogP contribution is 2.28. The number of carbonyl (C=O) groups excluding carboxylic acids is 1. The summed E-state index contributed by atoms with van der Waals surface area (Å²) in [4.78, 5) is 16.7. The van der Waals surface area contributed by atoms with E-state index in [2.05, 4.69) is 29.0 Å². The number of fused-ring (bicyclic) bond motifs is 1. The smallest absolute Gasteiger partial charge is 0.222 e. The summed E-state index contributed by atoms with van der Waals surface area (Å²) in [6.07, 6.45) is 2.97. The molecule has 0 bridgehead atoms. The first kappa shape index (κ1) is 13.8. The molecule has 0 aromatic heterocycles. The van der Waals surface area contributed by atoms with E-state index in [9.17, 15) is 4.79 Å². The first-order valence-electron chi connectivity index (χ1n) is 7.48. The molecule has 1 N–H and O–H groups in total. The molecule has 2 atom stereocenters. The minimum atomic E-state index is 0.380. The van der Waals surface area contributed by atoms with Crippen molar-refractivity contribution in [3.05, 3.63) is 0 Å². The van der Waals surface area contributed by atoms with Crippen LogP contribution in [0.2, 0.25) is 0 Å². The molecule has 104 valence electrons. The second-order valence-corrected chi connectivity index (χ2v) is 5.47. The number of hydrogen-bond donors (Lipinski definition) is 1. The van der Waals surface area contributed by atoms with Gasteiger partial charge in [0.15, 0.2) is 0 Å². The highest BCUT2D eigenvalue weighted by molar-refractivity contribution is 5.77. The molecule has 0 aromatic rings. The second kappa shape index (κ2) is 6.53. The van der Waals surface area contributed by atoms with Gasteiger partial charge in [-0.15, -0.1) is 0 Å². The van der Waals surface area contributed by atoms with Gasteiger partial charge in [0, 0.05) is 25.6 Å². The molecule has 2 aliphatic heterocycles. The van der Waals surface area contributed by atoms with E-state index in [-0.39, 0.29) is 0 Å². The summed E-state index contributed by atoms with van der Waals surface area (Å²) in [5.74, 6) is 1.07. The first-order valence-corrected chi connectivity index (χ1v) is 7.48. The van der Waals surface area contributed by atoms with Crippen molar-refractivity contribution >= 4 is 5.91 Å². The topological polar surface area (TPSA) is 35.6 Å². The first-order chi connectivity index (χ1) is 8.76. The Hall–Kier alpha value is -0.610. The van der Waals surface area contributed by atoms with Gasteiger partial charge in [-0.3, -0.25) is 4.79 Å². The van der Waals surface area contributed by atoms with Crippen LogP contribution in [0.5, 0.6) is 0 Å². The molecule has 2 aliphatic rings. The summed E-state index contributed by atoms with van der Waals surface area (Å²) in [5.41, 5.74) is 0. The van der Waals surface area contributed by atoms with Crippen LogP contribution in [0.15, 0.2) is 0 Å². The number of piperidine rings is 2. The molecule has 0 aliphatic carbocycles. The van der Waals surface area contributed by atoms with Crippen LogP contribution in [0.4, 0.5) is 0 Å². The number of rotatable bonds is 5. The maximum absolute atomic E-state index is 12.1. The Morgan fingerprint density at radius 1 is 1.33 bits per heavy atom. The van der Waals surface area contributed by atoms with Crippen LogP contribution >= 0.6 is 0 Å². The van der Waals surface area contributed by atoms with Crippen LogP contribution in [-0.4, -0.2) is 61.0 Å². The lowest BCUT2D eigenvalue weighted by Gasteiger charge is -2.44. The van der Waals surface area contributed by atoms with Crippen LogP contribution in [0.3, 0.4) is 0 Å². The Kier molecular flexibility index (Phi) is 5.01. The number of hydrogen-bond acceptors (Lipinski definition) is 3. The molecule has 2 rings (SSSR count). The van der Waals surface area contributed by atoms with Crippen LogP contribution < -0.4 is 5.32 Å². The number of amides is 1. The summed E-state index contributed by atoms with van der Waals surface area (Å²) in [5, 5.41) is 3.46. The Bertz CT molecular complexity index is 278.